The molecule has 0 bridgehead atoms. The van der Waals surface area contributed by atoms with Gasteiger partial charge in [0.2, 0.25) is 0 Å². The SMILES string of the molecule is CC(c1cc(Cl)sc1Cl)N(C)CC1CCNCC1. The van der Waals surface area contributed by atoms with Crippen LogP contribution < -0.4 is 5.32 Å². The molecular weight excluding hydrogens is 287 g/mol. The number of halogens is 2. The molecule has 1 N–H and O–H groups in total. The van der Waals surface area contributed by atoms with Crippen molar-refractivity contribution in [1.82, 2.24) is 10.2 Å². The highest BCUT2D eigenvalue weighted by Crippen LogP contribution is 2.37. The summed E-state index contributed by atoms with van der Waals surface area (Å²) in [6.45, 7) is 5.63. The molecule has 1 aliphatic rings. The van der Waals surface area contributed by atoms with E-state index in [1.54, 1.807) is 0 Å². The molecule has 1 aromatic heterocycles. The Morgan fingerprint density at radius 3 is 2.67 bits per heavy atom. The summed E-state index contributed by atoms with van der Waals surface area (Å²) in [6.07, 6.45) is 2.55. The monoisotopic (exact) mass is 306 g/mol. The van der Waals surface area contributed by atoms with Gasteiger partial charge in [-0.2, -0.15) is 0 Å². The second-order valence-electron chi connectivity index (χ2n) is 5.09. The molecule has 2 rings (SSSR count). The number of hydrogen-bond donors (Lipinski definition) is 1. The summed E-state index contributed by atoms with van der Waals surface area (Å²) in [5, 5.41) is 3.41. The van der Waals surface area contributed by atoms with E-state index in [0.717, 1.165) is 39.8 Å². The van der Waals surface area contributed by atoms with Gasteiger partial charge in [0.25, 0.3) is 0 Å². The first-order valence-electron chi connectivity index (χ1n) is 6.43. The van der Waals surface area contributed by atoms with E-state index in [1.807, 2.05) is 6.07 Å². The van der Waals surface area contributed by atoms with E-state index in [2.05, 4.69) is 24.2 Å². The van der Waals surface area contributed by atoms with E-state index in [4.69, 9.17) is 23.2 Å². The van der Waals surface area contributed by atoms with Crippen LogP contribution in [0.1, 0.15) is 31.4 Å². The lowest BCUT2D eigenvalue weighted by Crippen LogP contribution is -2.35. The van der Waals surface area contributed by atoms with Gasteiger partial charge in [0.05, 0.1) is 8.67 Å². The predicted octanol–water partition coefficient (Wildman–Crippen LogP) is 4.05. The second-order valence-corrected chi connectivity index (χ2v) is 7.37. The van der Waals surface area contributed by atoms with Crippen LogP contribution in [0.2, 0.25) is 8.67 Å². The van der Waals surface area contributed by atoms with Crippen LogP contribution in [-0.2, 0) is 0 Å². The zero-order valence-corrected chi connectivity index (χ0v) is 13.2. The van der Waals surface area contributed by atoms with Crippen molar-refractivity contribution in [2.24, 2.45) is 5.92 Å². The van der Waals surface area contributed by atoms with Crippen LogP contribution in [0.5, 0.6) is 0 Å². The fourth-order valence-corrected chi connectivity index (χ4v) is 4.14. The van der Waals surface area contributed by atoms with Crippen molar-refractivity contribution in [1.29, 1.82) is 0 Å². The van der Waals surface area contributed by atoms with Crippen molar-refractivity contribution >= 4 is 34.5 Å². The molecule has 0 aromatic carbocycles. The third-order valence-electron chi connectivity index (χ3n) is 3.80. The van der Waals surface area contributed by atoms with Crippen molar-refractivity contribution < 1.29 is 0 Å². The third-order valence-corrected chi connectivity index (χ3v) is 5.32. The molecular formula is C13H20Cl2N2S. The van der Waals surface area contributed by atoms with Crippen LogP contribution >= 0.6 is 34.5 Å². The zero-order valence-electron chi connectivity index (χ0n) is 10.9. The van der Waals surface area contributed by atoms with E-state index in [9.17, 15) is 0 Å². The number of piperidine rings is 1. The summed E-state index contributed by atoms with van der Waals surface area (Å²) in [6, 6.07) is 2.33. The molecule has 0 aliphatic carbocycles. The van der Waals surface area contributed by atoms with Gasteiger partial charge in [0.1, 0.15) is 0 Å². The largest absolute Gasteiger partial charge is 0.317 e. The average molecular weight is 307 g/mol. The molecule has 0 amide bonds. The molecule has 5 heteroatoms. The van der Waals surface area contributed by atoms with Gasteiger partial charge in [-0.3, -0.25) is 4.90 Å². The van der Waals surface area contributed by atoms with Crippen molar-refractivity contribution in [3.63, 3.8) is 0 Å². The normalized spacial score (nSPS) is 19.4. The summed E-state index contributed by atoms with van der Waals surface area (Å²) in [7, 11) is 2.18. The molecule has 0 spiro atoms. The first-order chi connectivity index (χ1) is 8.58. The van der Waals surface area contributed by atoms with Gasteiger partial charge in [-0.1, -0.05) is 23.2 Å². The highest BCUT2D eigenvalue weighted by molar-refractivity contribution is 7.20. The van der Waals surface area contributed by atoms with Gasteiger partial charge in [-0.15, -0.1) is 11.3 Å². The van der Waals surface area contributed by atoms with Gasteiger partial charge < -0.3 is 5.32 Å². The maximum atomic E-state index is 6.22. The minimum Gasteiger partial charge on any atom is -0.317 e. The summed E-state index contributed by atoms with van der Waals surface area (Å²) < 4.78 is 1.60. The van der Waals surface area contributed by atoms with Crippen LogP contribution in [0.25, 0.3) is 0 Å². The maximum Gasteiger partial charge on any atom is 0.0991 e. The van der Waals surface area contributed by atoms with Crippen LogP contribution in [0.15, 0.2) is 6.07 Å². The topological polar surface area (TPSA) is 15.3 Å². The summed E-state index contributed by atoms with van der Waals surface area (Å²) in [5.74, 6) is 0.798. The quantitative estimate of drug-likeness (QED) is 0.903. The minimum absolute atomic E-state index is 0.330. The Bertz CT molecular complexity index is 388. The van der Waals surface area contributed by atoms with Crippen LogP contribution in [0, 0.1) is 5.92 Å². The van der Waals surface area contributed by atoms with Crippen molar-refractivity contribution in [2.75, 3.05) is 26.7 Å². The molecule has 1 unspecified atom stereocenters. The molecule has 102 valence electrons. The van der Waals surface area contributed by atoms with Crippen LogP contribution in [0.3, 0.4) is 0 Å². The molecule has 2 heterocycles. The molecule has 2 nitrogen and oxygen atoms in total. The lowest BCUT2D eigenvalue weighted by Gasteiger charge is -2.31. The maximum absolute atomic E-state index is 6.22. The fourth-order valence-electron chi connectivity index (χ4n) is 2.50. The van der Waals surface area contributed by atoms with Crippen LogP contribution in [-0.4, -0.2) is 31.6 Å². The Kier molecular flexibility index (Phi) is 5.34. The molecule has 0 radical (unpaired) electrons. The highest BCUT2D eigenvalue weighted by atomic mass is 35.5. The molecule has 1 fully saturated rings. The van der Waals surface area contributed by atoms with E-state index >= 15 is 0 Å². The zero-order chi connectivity index (χ0) is 13.1. The van der Waals surface area contributed by atoms with Gasteiger partial charge in [0, 0.05) is 18.2 Å². The number of nitrogens with zero attached hydrogens (tertiary/aromatic N) is 1. The average Bonchev–Trinajstić information content (AvgIpc) is 2.68. The lowest BCUT2D eigenvalue weighted by atomic mass is 9.97. The molecule has 1 aromatic rings. The molecule has 1 atom stereocenters. The molecule has 1 saturated heterocycles. The number of thiophene rings is 1. The Labute approximate surface area is 123 Å². The third kappa shape index (κ3) is 3.61. The summed E-state index contributed by atoms with van der Waals surface area (Å²) >= 11 is 13.7. The van der Waals surface area contributed by atoms with Crippen molar-refractivity contribution in [3.05, 3.63) is 20.3 Å². The molecule has 18 heavy (non-hydrogen) atoms. The number of nitrogens with one attached hydrogen (secondary N) is 1. The first-order valence-corrected chi connectivity index (χ1v) is 8.01. The Hall–Kier alpha value is 0.200. The smallest absolute Gasteiger partial charge is 0.0991 e. The Balaban J connectivity index is 1.95. The van der Waals surface area contributed by atoms with Gasteiger partial charge in [-0.05, 0) is 51.9 Å². The number of rotatable bonds is 4. The first kappa shape index (κ1) is 14.6. The predicted molar refractivity (Wildman–Crippen MR) is 81.0 cm³/mol. The Morgan fingerprint density at radius 1 is 1.44 bits per heavy atom. The summed E-state index contributed by atoms with van der Waals surface area (Å²) in [5.41, 5.74) is 1.16. The lowest BCUT2D eigenvalue weighted by molar-refractivity contribution is 0.197. The molecule has 0 saturated carbocycles. The van der Waals surface area contributed by atoms with E-state index in [0.29, 0.717) is 6.04 Å². The fraction of sp³-hybridized carbons (Fsp3) is 0.692. The second kappa shape index (κ2) is 6.58. The van der Waals surface area contributed by atoms with Crippen LogP contribution in [0.4, 0.5) is 0 Å². The van der Waals surface area contributed by atoms with E-state index in [-0.39, 0.29) is 0 Å². The Morgan fingerprint density at radius 2 is 2.11 bits per heavy atom. The minimum atomic E-state index is 0.330. The van der Waals surface area contributed by atoms with Crippen molar-refractivity contribution in [3.8, 4) is 0 Å². The van der Waals surface area contributed by atoms with E-state index in [1.165, 1.54) is 24.2 Å². The highest BCUT2D eigenvalue weighted by Gasteiger charge is 2.21. The molecule has 1 aliphatic heterocycles. The van der Waals surface area contributed by atoms with Gasteiger partial charge >= 0.3 is 0 Å². The summed E-state index contributed by atoms with van der Waals surface area (Å²) in [4.78, 5) is 2.39. The van der Waals surface area contributed by atoms with Gasteiger partial charge in [-0.25, -0.2) is 0 Å². The van der Waals surface area contributed by atoms with Crippen molar-refractivity contribution in [2.45, 2.75) is 25.8 Å². The van der Waals surface area contributed by atoms with E-state index < -0.39 is 0 Å². The van der Waals surface area contributed by atoms with Gasteiger partial charge in [0.15, 0.2) is 0 Å². The number of hydrogen-bond acceptors (Lipinski definition) is 3. The standard InChI is InChI=1S/C13H20Cl2N2S/c1-9(11-7-12(14)18-13(11)15)17(2)8-10-3-5-16-6-4-10/h7,9-10,16H,3-6,8H2,1-2H3.